The van der Waals surface area contributed by atoms with Gasteiger partial charge in [-0.1, -0.05) is 12.2 Å². The Bertz CT molecular complexity index is 669. The molecule has 0 amide bonds. The zero-order chi connectivity index (χ0) is 14.8. The van der Waals surface area contributed by atoms with Crippen molar-refractivity contribution in [3.8, 4) is 0 Å². The van der Waals surface area contributed by atoms with Crippen LogP contribution in [0.25, 0.3) is 11.0 Å². The van der Waals surface area contributed by atoms with Crippen LogP contribution >= 0.6 is 15.9 Å². The first-order chi connectivity index (χ1) is 10.2. The van der Waals surface area contributed by atoms with Gasteiger partial charge in [0.15, 0.2) is 0 Å². The lowest BCUT2D eigenvalue weighted by Gasteiger charge is -2.14. The van der Waals surface area contributed by atoms with E-state index in [-0.39, 0.29) is 12.3 Å². The maximum absolute atomic E-state index is 6.07. The number of hydrogen-bond acceptors (Lipinski definition) is 5. The van der Waals surface area contributed by atoms with Crippen molar-refractivity contribution in [2.24, 2.45) is 5.73 Å². The summed E-state index contributed by atoms with van der Waals surface area (Å²) in [5.74, 6) is 0.475. The maximum atomic E-state index is 6.07. The molecule has 1 saturated heterocycles. The zero-order valence-corrected chi connectivity index (χ0v) is 13.2. The largest absolute Gasteiger partial charge is 0.383 e. The highest BCUT2D eigenvalue weighted by Gasteiger charge is 2.27. The monoisotopic (exact) mass is 351 g/mol. The number of ether oxygens (including phenoxy) is 1. The summed E-state index contributed by atoms with van der Waals surface area (Å²) < 4.78 is 8.98. The second kappa shape index (κ2) is 6.13. The topological polar surface area (TPSA) is 92.0 Å². The van der Waals surface area contributed by atoms with Gasteiger partial charge in [-0.2, -0.15) is 0 Å². The van der Waals surface area contributed by atoms with Gasteiger partial charge in [-0.15, -0.1) is 0 Å². The van der Waals surface area contributed by atoms with Gasteiger partial charge in [0.25, 0.3) is 0 Å². The molecule has 7 heteroatoms. The Hall–Kier alpha value is -1.44. The summed E-state index contributed by atoms with van der Waals surface area (Å²) in [6.07, 6.45) is 10.5. The molecule has 6 nitrogen and oxygen atoms in total. The van der Waals surface area contributed by atoms with Gasteiger partial charge in [-0.05, 0) is 41.7 Å². The first-order valence-electron chi connectivity index (χ1n) is 6.99. The summed E-state index contributed by atoms with van der Waals surface area (Å²) in [4.78, 5) is 8.37. The van der Waals surface area contributed by atoms with Gasteiger partial charge in [-0.25, -0.2) is 9.97 Å². The fraction of sp³-hybridized carbons (Fsp3) is 0.429. The number of nitrogens with zero attached hydrogens (tertiary/aromatic N) is 3. The van der Waals surface area contributed by atoms with Gasteiger partial charge in [0, 0.05) is 10.7 Å². The molecule has 0 aliphatic carbocycles. The highest BCUT2D eigenvalue weighted by molar-refractivity contribution is 9.10. The molecule has 3 rings (SSSR count). The van der Waals surface area contributed by atoms with Crippen LogP contribution in [0.2, 0.25) is 0 Å². The van der Waals surface area contributed by atoms with Gasteiger partial charge in [-0.3, -0.25) is 0 Å². The van der Waals surface area contributed by atoms with Crippen LogP contribution < -0.4 is 11.5 Å². The van der Waals surface area contributed by atoms with Crippen LogP contribution in [0, 0.1) is 0 Å². The van der Waals surface area contributed by atoms with Crippen LogP contribution in [0.4, 0.5) is 5.82 Å². The molecule has 112 valence electrons. The van der Waals surface area contributed by atoms with Crippen molar-refractivity contribution in [3.63, 3.8) is 0 Å². The van der Waals surface area contributed by atoms with Crippen molar-refractivity contribution in [2.45, 2.75) is 31.6 Å². The molecular formula is C14H18BrN5O. The van der Waals surface area contributed by atoms with Crippen LogP contribution in [-0.4, -0.2) is 27.2 Å². The number of rotatable bonds is 4. The van der Waals surface area contributed by atoms with E-state index in [1.54, 1.807) is 0 Å². The lowest BCUT2D eigenvalue weighted by Crippen LogP contribution is -2.10. The first kappa shape index (κ1) is 14.5. The molecule has 0 saturated carbocycles. The molecule has 21 heavy (non-hydrogen) atoms. The molecule has 2 atom stereocenters. The van der Waals surface area contributed by atoms with Crippen molar-refractivity contribution in [1.29, 1.82) is 0 Å². The van der Waals surface area contributed by atoms with E-state index in [1.807, 2.05) is 10.8 Å². The van der Waals surface area contributed by atoms with Gasteiger partial charge >= 0.3 is 0 Å². The lowest BCUT2D eigenvalue weighted by molar-refractivity contribution is 0.0261. The summed E-state index contributed by atoms with van der Waals surface area (Å²) >= 11 is 3.52. The summed E-state index contributed by atoms with van der Waals surface area (Å²) in [5.41, 5.74) is 12.2. The molecule has 4 N–H and O–H groups in total. The third-order valence-corrected chi connectivity index (χ3v) is 4.22. The fourth-order valence-electron chi connectivity index (χ4n) is 2.62. The molecule has 0 unspecified atom stereocenters. The predicted octanol–water partition coefficient (Wildman–Crippen LogP) is 2.36. The van der Waals surface area contributed by atoms with Gasteiger partial charge in [0.05, 0.1) is 11.5 Å². The smallest absolute Gasteiger partial charge is 0.148 e. The standard InChI is InChI=1S/C14H18BrN5O/c15-10-7-20(14-12(10)13(17)18-8-19-14)11-5-4-9(21-11)3-1-2-6-16/h1,3,7-9,11H,2,4-6,16H2,(H2,17,18,19)/b3-1+/t9-,11+/m0/s1. The van der Waals surface area contributed by atoms with E-state index >= 15 is 0 Å². The minimum Gasteiger partial charge on any atom is -0.383 e. The summed E-state index contributed by atoms with van der Waals surface area (Å²) in [6.45, 7) is 0.665. The normalized spacial score (nSPS) is 22.6. The third-order valence-electron chi connectivity index (χ3n) is 3.62. The quantitative estimate of drug-likeness (QED) is 0.824. The van der Waals surface area contributed by atoms with E-state index in [9.17, 15) is 0 Å². The van der Waals surface area contributed by atoms with Gasteiger partial charge in [0.2, 0.25) is 0 Å². The Kier molecular flexibility index (Phi) is 4.23. The number of hydrogen-bond donors (Lipinski definition) is 2. The molecule has 0 radical (unpaired) electrons. The molecule has 0 aromatic carbocycles. The van der Waals surface area contributed by atoms with E-state index in [1.165, 1.54) is 6.33 Å². The van der Waals surface area contributed by atoms with Crippen LogP contribution in [0.3, 0.4) is 0 Å². The van der Waals surface area contributed by atoms with Crippen molar-refractivity contribution in [3.05, 3.63) is 29.1 Å². The summed E-state index contributed by atoms with van der Waals surface area (Å²) in [6, 6.07) is 0. The van der Waals surface area contributed by atoms with Gasteiger partial charge < -0.3 is 20.8 Å². The Morgan fingerprint density at radius 1 is 1.43 bits per heavy atom. The molecule has 1 fully saturated rings. The molecule has 3 heterocycles. The molecule has 0 bridgehead atoms. The Morgan fingerprint density at radius 3 is 3.10 bits per heavy atom. The fourth-order valence-corrected chi connectivity index (χ4v) is 3.22. The third kappa shape index (κ3) is 2.81. The van der Waals surface area contributed by atoms with Gasteiger partial charge in [0.1, 0.15) is 24.0 Å². The van der Waals surface area contributed by atoms with E-state index in [4.69, 9.17) is 16.2 Å². The van der Waals surface area contributed by atoms with E-state index in [0.717, 1.165) is 34.8 Å². The van der Waals surface area contributed by atoms with E-state index in [0.29, 0.717) is 12.4 Å². The molecule has 2 aromatic heterocycles. The molecule has 1 aliphatic rings. The maximum Gasteiger partial charge on any atom is 0.148 e. The summed E-state index contributed by atoms with van der Waals surface area (Å²) in [5, 5.41) is 0.836. The molecule has 1 aliphatic heterocycles. The average Bonchev–Trinajstić information content (AvgIpc) is 3.05. The number of aromatic nitrogens is 3. The van der Waals surface area contributed by atoms with Crippen molar-refractivity contribution in [1.82, 2.24) is 14.5 Å². The molecular weight excluding hydrogens is 334 g/mol. The first-order valence-corrected chi connectivity index (χ1v) is 7.78. The highest BCUT2D eigenvalue weighted by atomic mass is 79.9. The predicted molar refractivity (Wildman–Crippen MR) is 85.6 cm³/mol. The van der Waals surface area contributed by atoms with Crippen molar-refractivity contribution in [2.75, 3.05) is 12.3 Å². The number of halogens is 1. The zero-order valence-electron chi connectivity index (χ0n) is 11.6. The number of anilines is 1. The molecule has 0 spiro atoms. The second-order valence-electron chi connectivity index (χ2n) is 5.05. The number of nitrogens with two attached hydrogens (primary N) is 2. The minimum atomic E-state index is -0.0272. The lowest BCUT2D eigenvalue weighted by atomic mass is 10.2. The Balaban J connectivity index is 1.84. The summed E-state index contributed by atoms with van der Waals surface area (Å²) in [7, 11) is 0. The van der Waals surface area contributed by atoms with E-state index < -0.39 is 0 Å². The minimum absolute atomic E-state index is 0.0272. The van der Waals surface area contributed by atoms with Crippen LogP contribution in [-0.2, 0) is 4.74 Å². The average molecular weight is 352 g/mol. The highest BCUT2D eigenvalue weighted by Crippen LogP contribution is 2.36. The molecule has 2 aromatic rings. The number of nitrogen functional groups attached to an aromatic ring is 1. The van der Waals surface area contributed by atoms with Crippen LogP contribution in [0.15, 0.2) is 29.1 Å². The Morgan fingerprint density at radius 2 is 2.29 bits per heavy atom. The Labute approximate surface area is 131 Å². The van der Waals surface area contributed by atoms with Crippen LogP contribution in [0.5, 0.6) is 0 Å². The van der Waals surface area contributed by atoms with Crippen molar-refractivity contribution >= 4 is 32.8 Å². The van der Waals surface area contributed by atoms with Crippen molar-refractivity contribution < 1.29 is 4.74 Å². The SMILES string of the molecule is NCC/C=C/[C@H]1CC[C@H](n2cc(Br)c3c(N)ncnc32)O1. The second-order valence-corrected chi connectivity index (χ2v) is 5.91. The number of fused-ring (bicyclic) bond motifs is 1. The van der Waals surface area contributed by atoms with E-state index in [2.05, 4.69) is 38.0 Å². The van der Waals surface area contributed by atoms with Crippen LogP contribution in [0.1, 0.15) is 25.5 Å².